The normalized spacial score (nSPS) is 19.2. The number of benzene rings is 1. The van der Waals surface area contributed by atoms with Gasteiger partial charge < -0.3 is 14.2 Å². The molecule has 3 atom stereocenters. The number of piperidine rings is 1. The standard InChI is InChI=1S/C21H29NO8S/c1-5-28-21(25)20(30-16(4)24)19(29-15(3)23)18-8-6-7-13-22(18)31(26,27)17-11-9-14(2)10-12-17/h9-12,18-20H,5-8,13H2,1-4H3/t18-,19-,20+/m0/s1. The molecule has 172 valence electrons. The molecule has 0 aliphatic carbocycles. The van der Waals surface area contributed by atoms with Gasteiger partial charge in [0.2, 0.25) is 16.1 Å². The van der Waals surface area contributed by atoms with Crippen LogP contribution in [-0.4, -0.2) is 62.0 Å². The molecule has 1 aromatic rings. The third kappa shape index (κ3) is 6.27. The van der Waals surface area contributed by atoms with Crippen LogP contribution in [0.3, 0.4) is 0 Å². The van der Waals surface area contributed by atoms with Crippen LogP contribution in [0.15, 0.2) is 29.2 Å². The lowest BCUT2D eigenvalue weighted by molar-refractivity contribution is -0.185. The molecule has 31 heavy (non-hydrogen) atoms. The molecule has 0 bridgehead atoms. The Labute approximate surface area is 182 Å². The van der Waals surface area contributed by atoms with Gasteiger partial charge in [-0.1, -0.05) is 24.1 Å². The smallest absolute Gasteiger partial charge is 0.351 e. The quantitative estimate of drug-likeness (QED) is 0.431. The molecule has 1 aromatic carbocycles. The number of hydrogen-bond donors (Lipinski definition) is 0. The number of carbonyl (C=O) groups is 3. The summed E-state index contributed by atoms with van der Waals surface area (Å²) in [7, 11) is -3.96. The predicted octanol–water partition coefficient (Wildman–Crippen LogP) is 1.96. The third-order valence-corrected chi connectivity index (χ3v) is 6.86. The van der Waals surface area contributed by atoms with E-state index in [-0.39, 0.29) is 18.0 Å². The number of carbonyl (C=O) groups excluding carboxylic acids is 3. The molecule has 1 aliphatic heterocycles. The minimum atomic E-state index is -3.96. The molecule has 9 nitrogen and oxygen atoms in total. The van der Waals surface area contributed by atoms with Crippen molar-refractivity contribution in [3.05, 3.63) is 29.8 Å². The first-order valence-electron chi connectivity index (χ1n) is 10.2. The fraction of sp³-hybridized carbons (Fsp3) is 0.571. The summed E-state index contributed by atoms with van der Waals surface area (Å²) in [4.78, 5) is 36.2. The van der Waals surface area contributed by atoms with E-state index in [2.05, 4.69) is 0 Å². The molecule has 10 heteroatoms. The third-order valence-electron chi connectivity index (χ3n) is 4.92. The van der Waals surface area contributed by atoms with Crippen LogP contribution in [0, 0.1) is 6.92 Å². The van der Waals surface area contributed by atoms with Crippen LogP contribution in [-0.2, 0) is 38.6 Å². The van der Waals surface area contributed by atoms with Crippen molar-refractivity contribution in [3.8, 4) is 0 Å². The zero-order valence-electron chi connectivity index (χ0n) is 18.2. The summed E-state index contributed by atoms with van der Waals surface area (Å²) in [6, 6.07) is 5.49. The molecule has 1 saturated heterocycles. The molecule has 0 spiro atoms. The Hall–Kier alpha value is -2.46. The van der Waals surface area contributed by atoms with Gasteiger partial charge in [0, 0.05) is 20.4 Å². The predicted molar refractivity (Wildman–Crippen MR) is 110 cm³/mol. The zero-order valence-corrected chi connectivity index (χ0v) is 19.0. The summed E-state index contributed by atoms with van der Waals surface area (Å²) in [6.07, 6.45) is -1.36. The maximum Gasteiger partial charge on any atom is 0.351 e. The van der Waals surface area contributed by atoms with E-state index >= 15 is 0 Å². The number of nitrogens with zero attached hydrogens (tertiary/aromatic N) is 1. The van der Waals surface area contributed by atoms with Crippen molar-refractivity contribution in [2.45, 2.75) is 70.1 Å². The molecule has 0 amide bonds. The van der Waals surface area contributed by atoms with Crippen molar-refractivity contribution in [1.82, 2.24) is 4.31 Å². The number of aryl methyl sites for hydroxylation is 1. The summed E-state index contributed by atoms with van der Waals surface area (Å²) < 4.78 is 43.6. The Morgan fingerprint density at radius 1 is 1.06 bits per heavy atom. The molecule has 0 unspecified atom stereocenters. The van der Waals surface area contributed by atoms with Crippen LogP contribution in [0.1, 0.15) is 45.6 Å². The van der Waals surface area contributed by atoms with Crippen LogP contribution < -0.4 is 0 Å². The Bertz CT molecular complexity index is 896. The molecule has 1 aliphatic rings. The van der Waals surface area contributed by atoms with E-state index in [9.17, 15) is 22.8 Å². The van der Waals surface area contributed by atoms with Crippen molar-refractivity contribution in [2.75, 3.05) is 13.2 Å². The molecular weight excluding hydrogens is 426 g/mol. The highest BCUT2D eigenvalue weighted by atomic mass is 32.2. The Morgan fingerprint density at radius 2 is 1.68 bits per heavy atom. The average Bonchev–Trinajstić information content (AvgIpc) is 2.70. The maximum absolute atomic E-state index is 13.4. The molecule has 0 radical (unpaired) electrons. The SMILES string of the molecule is CCOC(=O)[C@H](OC(C)=O)[C@@H](OC(C)=O)[C@@H]1CCCCN1S(=O)(=O)c1ccc(C)cc1. The summed E-state index contributed by atoms with van der Waals surface area (Å²) >= 11 is 0. The number of ether oxygens (including phenoxy) is 3. The second-order valence-electron chi connectivity index (χ2n) is 7.35. The lowest BCUT2D eigenvalue weighted by atomic mass is 9.96. The minimum absolute atomic E-state index is 0.0133. The maximum atomic E-state index is 13.4. The van der Waals surface area contributed by atoms with E-state index in [0.717, 1.165) is 19.4 Å². The van der Waals surface area contributed by atoms with E-state index in [4.69, 9.17) is 14.2 Å². The first-order valence-corrected chi connectivity index (χ1v) is 11.6. The first-order chi connectivity index (χ1) is 14.6. The van der Waals surface area contributed by atoms with Crippen molar-refractivity contribution in [3.63, 3.8) is 0 Å². The monoisotopic (exact) mass is 455 g/mol. The second-order valence-corrected chi connectivity index (χ2v) is 9.24. The molecule has 1 heterocycles. The molecule has 0 saturated carbocycles. The van der Waals surface area contributed by atoms with Crippen molar-refractivity contribution < 1.29 is 37.0 Å². The van der Waals surface area contributed by atoms with Gasteiger partial charge in [-0.25, -0.2) is 13.2 Å². The summed E-state index contributed by atoms with van der Waals surface area (Å²) in [5, 5.41) is 0. The number of esters is 3. The van der Waals surface area contributed by atoms with Gasteiger partial charge in [-0.15, -0.1) is 0 Å². The van der Waals surface area contributed by atoms with Gasteiger partial charge in [-0.3, -0.25) is 9.59 Å². The highest BCUT2D eigenvalue weighted by Gasteiger charge is 2.47. The van der Waals surface area contributed by atoms with Gasteiger partial charge in [0.25, 0.3) is 0 Å². The topological polar surface area (TPSA) is 116 Å². The lowest BCUT2D eigenvalue weighted by Gasteiger charge is -2.40. The van der Waals surface area contributed by atoms with Crippen LogP contribution in [0.5, 0.6) is 0 Å². The van der Waals surface area contributed by atoms with Crippen LogP contribution >= 0.6 is 0 Å². The van der Waals surface area contributed by atoms with Gasteiger partial charge in [0.05, 0.1) is 17.5 Å². The van der Waals surface area contributed by atoms with Gasteiger partial charge in [0.1, 0.15) is 0 Å². The largest absolute Gasteiger partial charge is 0.463 e. The molecule has 1 fully saturated rings. The first kappa shape index (κ1) is 24.8. The van der Waals surface area contributed by atoms with Gasteiger partial charge in [0.15, 0.2) is 6.10 Å². The van der Waals surface area contributed by atoms with E-state index in [0.29, 0.717) is 19.3 Å². The summed E-state index contributed by atoms with van der Waals surface area (Å²) in [5.41, 5.74) is 0.907. The average molecular weight is 456 g/mol. The van der Waals surface area contributed by atoms with Gasteiger partial charge in [-0.05, 0) is 38.8 Å². The molecular formula is C21H29NO8S. The molecule has 2 rings (SSSR count). The second kappa shape index (κ2) is 10.7. The van der Waals surface area contributed by atoms with Crippen LogP contribution in [0.25, 0.3) is 0 Å². The summed E-state index contributed by atoms with van der Waals surface area (Å²) in [6.45, 7) is 5.87. The fourth-order valence-electron chi connectivity index (χ4n) is 3.59. The lowest BCUT2D eigenvalue weighted by Crippen LogP contribution is -2.57. The molecule has 0 N–H and O–H groups in total. The zero-order chi connectivity index (χ0) is 23.2. The summed E-state index contributed by atoms with van der Waals surface area (Å²) in [5.74, 6) is -2.41. The molecule has 0 aromatic heterocycles. The van der Waals surface area contributed by atoms with Crippen molar-refractivity contribution in [1.29, 1.82) is 0 Å². The van der Waals surface area contributed by atoms with E-state index in [1.165, 1.54) is 16.4 Å². The van der Waals surface area contributed by atoms with Gasteiger partial charge >= 0.3 is 17.9 Å². The fourth-order valence-corrected chi connectivity index (χ4v) is 5.29. The van der Waals surface area contributed by atoms with E-state index < -0.39 is 46.2 Å². The minimum Gasteiger partial charge on any atom is -0.463 e. The van der Waals surface area contributed by atoms with Crippen LogP contribution in [0.2, 0.25) is 0 Å². The number of sulfonamides is 1. The Kier molecular flexibility index (Phi) is 8.58. The van der Waals surface area contributed by atoms with E-state index in [1.54, 1.807) is 19.1 Å². The number of hydrogen-bond acceptors (Lipinski definition) is 8. The highest BCUT2D eigenvalue weighted by Crippen LogP contribution is 2.30. The van der Waals surface area contributed by atoms with Crippen LogP contribution in [0.4, 0.5) is 0 Å². The van der Waals surface area contributed by atoms with Crippen molar-refractivity contribution in [2.24, 2.45) is 0 Å². The van der Waals surface area contributed by atoms with E-state index in [1.807, 2.05) is 6.92 Å². The van der Waals surface area contributed by atoms with Crippen molar-refractivity contribution >= 4 is 27.9 Å². The Morgan fingerprint density at radius 3 is 2.23 bits per heavy atom. The number of rotatable bonds is 8. The highest BCUT2D eigenvalue weighted by molar-refractivity contribution is 7.89. The van der Waals surface area contributed by atoms with Gasteiger partial charge in [-0.2, -0.15) is 4.31 Å². The Balaban J connectivity index is 2.50.